The molecule has 5 nitrogen and oxygen atoms in total. The van der Waals surface area contributed by atoms with Crippen LogP contribution in [0.15, 0.2) is 30.3 Å². The second kappa shape index (κ2) is 6.37. The maximum atomic E-state index is 12.3. The topological polar surface area (TPSA) is 75.4 Å². The molecule has 0 aromatic heterocycles. The highest BCUT2D eigenvalue weighted by Crippen LogP contribution is 2.19. The van der Waals surface area contributed by atoms with E-state index < -0.39 is 0 Å². The third-order valence-corrected chi connectivity index (χ3v) is 3.55. The van der Waals surface area contributed by atoms with E-state index in [0.29, 0.717) is 12.1 Å². The van der Waals surface area contributed by atoms with Gasteiger partial charge in [0.2, 0.25) is 5.91 Å². The molecule has 0 bridgehead atoms. The first kappa shape index (κ1) is 15.7. The van der Waals surface area contributed by atoms with Crippen LogP contribution < -0.4 is 11.1 Å². The van der Waals surface area contributed by atoms with Crippen molar-refractivity contribution in [3.05, 3.63) is 35.9 Å². The van der Waals surface area contributed by atoms with E-state index in [-0.39, 0.29) is 23.4 Å². The van der Waals surface area contributed by atoms with Crippen LogP contribution in [0.3, 0.4) is 0 Å². The fraction of sp³-hybridized carbons (Fsp3) is 0.500. The van der Waals surface area contributed by atoms with Crippen molar-refractivity contribution in [2.24, 2.45) is 5.73 Å². The third kappa shape index (κ3) is 4.37. The van der Waals surface area contributed by atoms with Crippen molar-refractivity contribution in [3.63, 3.8) is 0 Å². The summed E-state index contributed by atoms with van der Waals surface area (Å²) in [6, 6.07) is 8.51. The highest BCUT2D eigenvalue weighted by Gasteiger charge is 2.33. The Balaban J connectivity index is 1.98. The molecule has 114 valence electrons. The molecule has 0 spiro atoms. The molecule has 0 radical (unpaired) electrons. The highest BCUT2D eigenvalue weighted by molar-refractivity contribution is 6.06. The summed E-state index contributed by atoms with van der Waals surface area (Å²) in [5, 5.41) is 2.49. The Morgan fingerprint density at radius 2 is 2.00 bits per heavy atom. The molecular formula is C16H23N3O2. The van der Waals surface area contributed by atoms with Gasteiger partial charge in [0.25, 0.3) is 5.91 Å². The van der Waals surface area contributed by atoms with Crippen LogP contribution in [0.5, 0.6) is 0 Å². The summed E-state index contributed by atoms with van der Waals surface area (Å²) in [7, 11) is 0. The van der Waals surface area contributed by atoms with E-state index >= 15 is 0 Å². The first-order valence-corrected chi connectivity index (χ1v) is 7.30. The normalized spacial score (nSPS) is 19.5. The average Bonchev–Trinajstić information content (AvgIpc) is 2.85. The molecule has 0 aliphatic carbocycles. The summed E-state index contributed by atoms with van der Waals surface area (Å²) in [6.07, 6.45) is 1.72. The summed E-state index contributed by atoms with van der Waals surface area (Å²) in [5.41, 5.74) is 6.17. The standard InChI is InChI=1S/C16H23N3O2/c1-16(2,17)11-19-10-6-9-13(19)15(21)18-14(20)12-7-4-3-5-8-12/h3-5,7-8,13H,6,9-11,17H2,1-2H3,(H,18,20,21)/t13-/m0/s1. The zero-order valence-electron chi connectivity index (χ0n) is 12.6. The van der Waals surface area contributed by atoms with E-state index in [1.54, 1.807) is 24.3 Å². The molecule has 1 aromatic rings. The number of carbonyl (C=O) groups is 2. The maximum absolute atomic E-state index is 12.3. The lowest BCUT2D eigenvalue weighted by atomic mass is 10.1. The largest absolute Gasteiger partial charge is 0.324 e. The molecule has 0 saturated carbocycles. The van der Waals surface area contributed by atoms with Gasteiger partial charge in [-0.1, -0.05) is 18.2 Å². The quantitative estimate of drug-likeness (QED) is 0.815. The van der Waals surface area contributed by atoms with Crippen molar-refractivity contribution in [2.75, 3.05) is 13.1 Å². The fourth-order valence-corrected chi connectivity index (χ4v) is 2.69. The average molecular weight is 289 g/mol. The van der Waals surface area contributed by atoms with Crippen molar-refractivity contribution in [2.45, 2.75) is 38.3 Å². The van der Waals surface area contributed by atoms with Crippen molar-refractivity contribution in [3.8, 4) is 0 Å². The lowest BCUT2D eigenvalue weighted by Crippen LogP contribution is -2.52. The molecule has 1 aliphatic rings. The van der Waals surface area contributed by atoms with E-state index in [2.05, 4.69) is 10.2 Å². The lowest BCUT2D eigenvalue weighted by molar-refractivity contribution is -0.124. The molecule has 0 unspecified atom stereocenters. The van der Waals surface area contributed by atoms with Gasteiger partial charge in [0.15, 0.2) is 0 Å². The third-order valence-electron chi connectivity index (χ3n) is 3.55. The predicted molar refractivity (Wildman–Crippen MR) is 81.8 cm³/mol. The molecule has 1 fully saturated rings. The number of hydrogen-bond acceptors (Lipinski definition) is 4. The number of nitrogens with two attached hydrogens (primary N) is 1. The van der Waals surface area contributed by atoms with Crippen molar-refractivity contribution in [1.29, 1.82) is 0 Å². The number of imide groups is 1. The van der Waals surface area contributed by atoms with Crippen LogP contribution in [-0.4, -0.2) is 41.4 Å². The minimum Gasteiger partial charge on any atom is -0.324 e. The Kier molecular flexibility index (Phi) is 4.75. The molecule has 3 N–H and O–H groups in total. The van der Waals surface area contributed by atoms with E-state index in [4.69, 9.17) is 5.73 Å². The van der Waals surface area contributed by atoms with Crippen LogP contribution >= 0.6 is 0 Å². The smallest absolute Gasteiger partial charge is 0.257 e. The van der Waals surface area contributed by atoms with Crippen LogP contribution in [0.4, 0.5) is 0 Å². The van der Waals surface area contributed by atoms with Gasteiger partial charge in [0, 0.05) is 17.6 Å². The van der Waals surface area contributed by atoms with E-state index in [0.717, 1.165) is 19.4 Å². The van der Waals surface area contributed by atoms with Crippen molar-refractivity contribution in [1.82, 2.24) is 10.2 Å². The Hall–Kier alpha value is -1.72. The van der Waals surface area contributed by atoms with E-state index in [9.17, 15) is 9.59 Å². The minimum absolute atomic E-state index is 0.231. The summed E-state index contributed by atoms with van der Waals surface area (Å²) < 4.78 is 0. The van der Waals surface area contributed by atoms with Gasteiger partial charge in [0.05, 0.1) is 6.04 Å². The highest BCUT2D eigenvalue weighted by atomic mass is 16.2. The van der Waals surface area contributed by atoms with E-state index in [1.807, 2.05) is 19.9 Å². The Morgan fingerprint density at radius 3 is 2.62 bits per heavy atom. The number of likely N-dealkylation sites (tertiary alicyclic amines) is 1. The Labute approximate surface area is 125 Å². The molecule has 2 amide bonds. The first-order valence-electron chi connectivity index (χ1n) is 7.30. The van der Waals surface area contributed by atoms with E-state index in [1.165, 1.54) is 0 Å². The van der Waals surface area contributed by atoms with Gasteiger partial charge in [-0.3, -0.25) is 19.8 Å². The predicted octanol–water partition coefficient (Wildman–Crippen LogP) is 1.14. The SMILES string of the molecule is CC(C)(N)CN1CCC[C@H]1C(=O)NC(=O)c1ccccc1. The first-order chi connectivity index (χ1) is 9.87. The van der Waals surface area contributed by atoms with Gasteiger partial charge in [-0.15, -0.1) is 0 Å². The molecule has 1 aromatic carbocycles. The summed E-state index contributed by atoms with van der Waals surface area (Å²) in [6.45, 7) is 5.37. The lowest BCUT2D eigenvalue weighted by Gasteiger charge is -2.30. The van der Waals surface area contributed by atoms with Gasteiger partial charge >= 0.3 is 0 Å². The fourth-order valence-electron chi connectivity index (χ4n) is 2.69. The number of hydrogen-bond donors (Lipinski definition) is 2. The second-order valence-corrected chi connectivity index (χ2v) is 6.30. The summed E-state index contributed by atoms with van der Waals surface area (Å²) >= 11 is 0. The minimum atomic E-state index is -0.355. The van der Waals surface area contributed by atoms with Crippen LogP contribution in [0.2, 0.25) is 0 Å². The summed E-state index contributed by atoms with van der Waals surface area (Å²) in [4.78, 5) is 26.4. The summed E-state index contributed by atoms with van der Waals surface area (Å²) in [5.74, 6) is -0.579. The van der Waals surface area contributed by atoms with Crippen molar-refractivity contribution >= 4 is 11.8 Å². The Morgan fingerprint density at radius 1 is 1.33 bits per heavy atom. The molecule has 1 atom stereocenters. The van der Waals surface area contributed by atoms with Gasteiger partial charge in [0.1, 0.15) is 0 Å². The molecule has 1 heterocycles. The van der Waals surface area contributed by atoms with Crippen LogP contribution in [-0.2, 0) is 4.79 Å². The van der Waals surface area contributed by atoms with Gasteiger partial charge < -0.3 is 5.73 Å². The zero-order chi connectivity index (χ0) is 15.5. The second-order valence-electron chi connectivity index (χ2n) is 6.30. The molecule has 1 aliphatic heterocycles. The molecule has 2 rings (SSSR count). The van der Waals surface area contributed by atoms with Crippen LogP contribution in [0.25, 0.3) is 0 Å². The molecular weight excluding hydrogens is 266 g/mol. The van der Waals surface area contributed by atoms with Gasteiger partial charge in [-0.25, -0.2) is 0 Å². The number of nitrogens with zero attached hydrogens (tertiary/aromatic N) is 1. The van der Waals surface area contributed by atoms with Crippen molar-refractivity contribution < 1.29 is 9.59 Å². The number of benzene rings is 1. The number of rotatable bonds is 4. The molecule has 5 heteroatoms. The Bertz CT molecular complexity index is 508. The number of amides is 2. The van der Waals surface area contributed by atoms with Gasteiger partial charge in [-0.05, 0) is 45.4 Å². The van der Waals surface area contributed by atoms with Crippen LogP contribution in [0, 0.1) is 0 Å². The zero-order valence-corrected chi connectivity index (χ0v) is 12.6. The van der Waals surface area contributed by atoms with Crippen LogP contribution in [0.1, 0.15) is 37.0 Å². The number of carbonyl (C=O) groups excluding carboxylic acids is 2. The van der Waals surface area contributed by atoms with Gasteiger partial charge in [-0.2, -0.15) is 0 Å². The maximum Gasteiger partial charge on any atom is 0.257 e. The molecule has 21 heavy (non-hydrogen) atoms. The number of nitrogens with one attached hydrogen (secondary N) is 1. The monoisotopic (exact) mass is 289 g/mol. The molecule has 1 saturated heterocycles.